The van der Waals surface area contributed by atoms with Gasteiger partial charge in [0.15, 0.2) is 0 Å². The zero-order valence-corrected chi connectivity index (χ0v) is 15.5. The van der Waals surface area contributed by atoms with Crippen LogP contribution in [0.5, 0.6) is 5.75 Å². The Morgan fingerprint density at radius 1 is 1.08 bits per heavy atom. The molecule has 0 radical (unpaired) electrons. The van der Waals surface area contributed by atoms with Crippen molar-refractivity contribution >= 4 is 17.4 Å². The predicted octanol–water partition coefficient (Wildman–Crippen LogP) is 3.36. The van der Waals surface area contributed by atoms with Gasteiger partial charge < -0.3 is 15.0 Å². The lowest BCUT2D eigenvalue weighted by molar-refractivity contribution is -0.125. The monoisotopic (exact) mass is 356 g/mol. The van der Waals surface area contributed by atoms with E-state index in [2.05, 4.69) is 5.32 Å². The fourth-order valence-electron chi connectivity index (χ4n) is 3.84. The summed E-state index contributed by atoms with van der Waals surface area (Å²) < 4.78 is 5.45. The van der Waals surface area contributed by atoms with Gasteiger partial charge in [-0.1, -0.05) is 31.0 Å². The van der Waals surface area contributed by atoms with Crippen LogP contribution >= 0.6 is 0 Å². The lowest BCUT2D eigenvalue weighted by Crippen LogP contribution is -2.37. The molecule has 1 N–H and O–H groups in total. The Labute approximate surface area is 155 Å². The number of nitrogens with zero attached hydrogens (tertiary/aromatic N) is 1. The summed E-state index contributed by atoms with van der Waals surface area (Å²) in [6.07, 6.45) is 8.89. The first-order chi connectivity index (χ1) is 12.7. The molecule has 1 aliphatic carbocycles. The molecule has 3 rings (SSSR count). The summed E-state index contributed by atoms with van der Waals surface area (Å²) >= 11 is 0. The van der Waals surface area contributed by atoms with Gasteiger partial charge in [-0.15, -0.1) is 0 Å². The van der Waals surface area contributed by atoms with Gasteiger partial charge >= 0.3 is 0 Å². The number of hydrogen-bond acceptors (Lipinski definition) is 3. The summed E-state index contributed by atoms with van der Waals surface area (Å²) in [5.41, 5.74) is 1.22. The quantitative estimate of drug-likeness (QED) is 0.823. The van der Waals surface area contributed by atoms with Crippen LogP contribution in [0.1, 0.15) is 50.5 Å². The predicted molar refractivity (Wildman–Crippen MR) is 102 cm³/mol. The molecule has 0 aromatic heterocycles. The molecule has 1 saturated heterocycles. The smallest absolute Gasteiger partial charge is 0.256 e. The highest BCUT2D eigenvalue weighted by Gasteiger charge is 2.25. The van der Waals surface area contributed by atoms with E-state index in [1.807, 2.05) is 29.2 Å². The molecule has 2 amide bonds. The van der Waals surface area contributed by atoms with E-state index in [0.29, 0.717) is 11.3 Å². The third-order valence-electron chi connectivity index (χ3n) is 5.36. The van der Waals surface area contributed by atoms with E-state index < -0.39 is 0 Å². The zero-order chi connectivity index (χ0) is 18.4. The van der Waals surface area contributed by atoms with Gasteiger partial charge in [-0.05, 0) is 38.2 Å². The van der Waals surface area contributed by atoms with Crippen LogP contribution in [0, 0.1) is 5.92 Å². The van der Waals surface area contributed by atoms with Crippen molar-refractivity contribution in [3.05, 3.63) is 36.0 Å². The fraction of sp³-hybridized carbons (Fsp3) is 0.524. The summed E-state index contributed by atoms with van der Waals surface area (Å²) in [5.74, 6) is 0.678. The number of ether oxygens (including phenoxy) is 1. The van der Waals surface area contributed by atoms with Crippen molar-refractivity contribution in [2.75, 3.05) is 20.2 Å². The molecule has 1 aromatic rings. The number of benzene rings is 1. The van der Waals surface area contributed by atoms with Crippen LogP contribution in [0.4, 0.5) is 0 Å². The van der Waals surface area contributed by atoms with Crippen LogP contribution < -0.4 is 10.1 Å². The highest BCUT2D eigenvalue weighted by atomic mass is 16.5. The van der Waals surface area contributed by atoms with Crippen molar-refractivity contribution in [2.24, 2.45) is 5.92 Å². The maximum atomic E-state index is 13.2. The molecule has 1 aromatic carbocycles. The summed E-state index contributed by atoms with van der Waals surface area (Å²) in [4.78, 5) is 27.5. The molecular formula is C21H28N2O3. The number of para-hydroxylation sites is 1. The standard InChI is InChI=1S/C21H28N2O3/c1-26-19-12-6-5-11-17(19)18(21(25)23-13-7-2-8-14-23)15-22-20(24)16-9-3-4-10-16/h5-6,11-12,15-16H,2-4,7-10,13-14H2,1H3,(H,22,24). The average Bonchev–Trinajstić information content (AvgIpc) is 3.24. The Morgan fingerprint density at radius 2 is 1.77 bits per heavy atom. The number of amides is 2. The summed E-state index contributed by atoms with van der Waals surface area (Å²) in [6, 6.07) is 7.47. The summed E-state index contributed by atoms with van der Waals surface area (Å²) in [5, 5.41) is 2.89. The van der Waals surface area contributed by atoms with Crippen molar-refractivity contribution in [3.8, 4) is 5.75 Å². The number of nitrogens with one attached hydrogen (secondary N) is 1. The van der Waals surface area contributed by atoms with Gasteiger partial charge in [0.05, 0.1) is 12.7 Å². The molecule has 0 atom stereocenters. The van der Waals surface area contributed by atoms with Gasteiger partial charge in [-0.2, -0.15) is 0 Å². The third-order valence-corrected chi connectivity index (χ3v) is 5.36. The van der Waals surface area contributed by atoms with Crippen LogP contribution in [0.25, 0.3) is 5.57 Å². The molecule has 0 bridgehead atoms. The van der Waals surface area contributed by atoms with E-state index in [9.17, 15) is 9.59 Å². The zero-order valence-electron chi connectivity index (χ0n) is 15.5. The molecule has 2 fully saturated rings. The molecule has 26 heavy (non-hydrogen) atoms. The second-order valence-corrected chi connectivity index (χ2v) is 7.10. The van der Waals surface area contributed by atoms with Crippen molar-refractivity contribution in [1.82, 2.24) is 10.2 Å². The van der Waals surface area contributed by atoms with Crippen molar-refractivity contribution in [2.45, 2.75) is 44.9 Å². The third kappa shape index (κ3) is 4.26. The van der Waals surface area contributed by atoms with E-state index in [4.69, 9.17) is 4.74 Å². The number of hydrogen-bond donors (Lipinski definition) is 1. The number of carbonyl (C=O) groups is 2. The Morgan fingerprint density at radius 3 is 2.46 bits per heavy atom. The SMILES string of the molecule is COc1ccccc1C(=CNC(=O)C1CCCC1)C(=O)N1CCCCC1. The first kappa shape index (κ1) is 18.5. The minimum Gasteiger partial charge on any atom is -0.496 e. The van der Waals surface area contributed by atoms with Crippen LogP contribution in [0.15, 0.2) is 30.5 Å². The highest BCUT2D eigenvalue weighted by molar-refractivity contribution is 6.20. The topological polar surface area (TPSA) is 58.6 Å². The Kier molecular flexibility index (Phi) is 6.31. The Balaban J connectivity index is 1.86. The van der Waals surface area contributed by atoms with E-state index in [1.54, 1.807) is 13.3 Å². The van der Waals surface area contributed by atoms with E-state index in [-0.39, 0.29) is 17.7 Å². The number of rotatable bonds is 5. The molecule has 5 heteroatoms. The molecule has 0 spiro atoms. The molecule has 0 unspecified atom stereocenters. The van der Waals surface area contributed by atoms with Crippen molar-refractivity contribution in [3.63, 3.8) is 0 Å². The van der Waals surface area contributed by atoms with Gasteiger partial charge in [-0.25, -0.2) is 0 Å². The van der Waals surface area contributed by atoms with Crippen molar-refractivity contribution < 1.29 is 14.3 Å². The molecule has 5 nitrogen and oxygen atoms in total. The van der Waals surface area contributed by atoms with Gasteiger partial charge in [0, 0.05) is 30.8 Å². The summed E-state index contributed by atoms with van der Waals surface area (Å²) in [6.45, 7) is 1.53. The van der Waals surface area contributed by atoms with Gasteiger partial charge in [0.25, 0.3) is 5.91 Å². The van der Waals surface area contributed by atoms with Gasteiger partial charge in [-0.3, -0.25) is 9.59 Å². The first-order valence-electron chi connectivity index (χ1n) is 9.64. The molecule has 1 heterocycles. The van der Waals surface area contributed by atoms with Crippen molar-refractivity contribution in [1.29, 1.82) is 0 Å². The van der Waals surface area contributed by atoms with E-state index in [0.717, 1.165) is 63.6 Å². The van der Waals surface area contributed by atoms with Crippen LogP contribution in [0.2, 0.25) is 0 Å². The molecule has 2 aliphatic rings. The second-order valence-electron chi connectivity index (χ2n) is 7.10. The van der Waals surface area contributed by atoms with E-state index >= 15 is 0 Å². The minimum atomic E-state index is -0.0408. The molecule has 1 saturated carbocycles. The number of carbonyl (C=O) groups excluding carboxylic acids is 2. The summed E-state index contributed by atoms with van der Waals surface area (Å²) in [7, 11) is 1.60. The Hall–Kier alpha value is -2.30. The second kappa shape index (κ2) is 8.88. The maximum Gasteiger partial charge on any atom is 0.256 e. The first-order valence-corrected chi connectivity index (χ1v) is 9.64. The lowest BCUT2D eigenvalue weighted by Gasteiger charge is -2.28. The lowest BCUT2D eigenvalue weighted by atomic mass is 10.0. The highest BCUT2D eigenvalue weighted by Crippen LogP contribution is 2.29. The molecular weight excluding hydrogens is 328 g/mol. The minimum absolute atomic E-state index is 0.0151. The van der Waals surface area contributed by atoms with Crippen LogP contribution in [0.3, 0.4) is 0 Å². The number of likely N-dealkylation sites (tertiary alicyclic amines) is 1. The fourth-order valence-corrected chi connectivity index (χ4v) is 3.84. The molecule has 140 valence electrons. The number of piperidine rings is 1. The molecule has 1 aliphatic heterocycles. The normalized spacial score (nSPS) is 18.7. The average molecular weight is 356 g/mol. The van der Waals surface area contributed by atoms with Gasteiger partial charge in [0.2, 0.25) is 5.91 Å². The Bertz CT molecular complexity index is 672. The number of methoxy groups -OCH3 is 1. The maximum absolute atomic E-state index is 13.2. The van der Waals surface area contributed by atoms with Gasteiger partial charge in [0.1, 0.15) is 5.75 Å². The van der Waals surface area contributed by atoms with Crippen LogP contribution in [-0.4, -0.2) is 36.9 Å². The van der Waals surface area contributed by atoms with E-state index in [1.165, 1.54) is 0 Å². The largest absolute Gasteiger partial charge is 0.496 e. The van der Waals surface area contributed by atoms with Crippen LogP contribution in [-0.2, 0) is 9.59 Å².